The summed E-state index contributed by atoms with van der Waals surface area (Å²) in [5.41, 5.74) is 0. The van der Waals surface area contributed by atoms with Crippen molar-refractivity contribution in [2.24, 2.45) is 4.99 Å². The Kier molecular flexibility index (Phi) is 4.17. The lowest BCUT2D eigenvalue weighted by Gasteiger charge is -1.76. The molecule has 0 amide bonds. The predicted molar refractivity (Wildman–Crippen MR) is 33.7 cm³/mol. The average Bonchev–Trinajstić information content (AvgIpc) is 1.83. The maximum Gasteiger partial charge on any atom is 0.105 e. The summed E-state index contributed by atoms with van der Waals surface area (Å²) in [5.74, 6) is 0. The smallest absolute Gasteiger partial charge is 0.105 e. The van der Waals surface area contributed by atoms with Crippen LogP contribution in [-0.2, 0) is 0 Å². The van der Waals surface area contributed by atoms with Crippen molar-refractivity contribution >= 4 is 18.3 Å². The lowest BCUT2D eigenvalue weighted by atomic mass is 10.6. The first-order valence-electron chi connectivity index (χ1n) is 1.89. The maximum atomic E-state index is 11.3. The second-order valence-corrected chi connectivity index (χ2v) is 1.43. The molecule has 0 unspecified atom stereocenters. The van der Waals surface area contributed by atoms with Gasteiger partial charge in [-0.1, -0.05) is 11.6 Å². The van der Waals surface area contributed by atoms with Crippen LogP contribution >= 0.6 is 11.6 Å². The van der Waals surface area contributed by atoms with Gasteiger partial charge in [0.05, 0.1) is 5.03 Å². The van der Waals surface area contributed by atoms with Crippen LogP contribution in [0.25, 0.3) is 0 Å². The first-order valence-corrected chi connectivity index (χ1v) is 2.27. The summed E-state index contributed by atoms with van der Waals surface area (Å²) in [4.78, 5) is 3.30. The summed E-state index contributed by atoms with van der Waals surface area (Å²) in [6.07, 6.45) is 2.89. The minimum absolute atomic E-state index is 0.0115. The van der Waals surface area contributed by atoms with Gasteiger partial charge in [0.2, 0.25) is 0 Å². The van der Waals surface area contributed by atoms with Crippen molar-refractivity contribution in [1.29, 1.82) is 0 Å². The minimum atomic E-state index is 0.0115. The summed E-state index contributed by atoms with van der Waals surface area (Å²) in [6.45, 7) is 3.12. The lowest BCUT2D eigenvalue weighted by Crippen LogP contribution is -1.55. The molecule has 1 nitrogen and oxygen atoms in total. The molecule has 0 aliphatic heterocycles. The van der Waals surface area contributed by atoms with E-state index in [-0.39, 0.29) is 11.4 Å². The van der Waals surface area contributed by atoms with Crippen LogP contribution in [0.1, 0.15) is 0 Å². The first kappa shape index (κ1) is 7.37. The maximum absolute atomic E-state index is 11.3. The monoisotopic (exact) mass is 133 g/mol. The zero-order chi connectivity index (χ0) is 6.41. The molecule has 0 aromatic rings. The third-order valence-electron chi connectivity index (χ3n) is 0.443. The molecular formula is C5H5ClFN. The van der Waals surface area contributed by atoms with E-state index < -0.39 is 0 Å². The van der Waals surface area contributed by atoms with Crippen LogP contribution in [0.15, 0.2) is 28.6 Å². The average molecular weight is 134 g/mol. The third kappa shape index (κ3) is 3.56. The number of halogens is 2. The highest BCUT2D eigenvalue weighted by Crippen LogP contribution is 2.01. The third-order valence-corrected chi connectivity index (χ3v) is 0.652. The number of hydrogen-bond acceptors (Lipinski definition) is 1. The van der Waals surface area contributed by atoms with E-state index in [1.165, 1.54) is 12.3 Å². The van der Waals surface area contributed by atoms with Gasteiger partial charge in [0.1, 0.15) is 6.33 Å². The summed E-state index contributed by atoms with van der Waals surface area (Å²) in [6, 6.07) is 0. The molecule has 0 saturated carbocycles. The van der Waals surface area contributed by atoms with E-state index in [1.54, 1.807) is 0 Å². The van der Waals surface area contributed by atoms with Crippen molar-refractivity contribution < 1.29 is 4.39 Å². The van der Waals surface area contributed by atoms with Gasteiger partial charge in [-0.25, -0.2) is 4.39 Å². The van der Waals surface area contributed by atoms with Crippen LogP contribution in [0, 0.1) is 0 Å². The Morgan fingerprint density at radius 2 is 2.38 bits per heavy atom. The van der Waals surface area contributed by atoms with E-state index in [1.807, 2.05) is 0 Å². The van der Waals surface area contributed by atoms with Crippen molar-refractivity contribution in [1.82, 2.24) is 0 Å². The molecule has 0 N–H and O–H groups in total. The summed E-state index contributed by atoms with van der Waals surface area (Å²) in [5, 5.41) is 0.0115. The molecule has 0 aliphatic rings. The van der Waals surface area contributed by atoms with Gasteiger partial charge in [-0.2, -0.15) is 0 Å². The molecule has 0 aliphatic carbocycles. The zero-order valence-electron chi connectivity index (χ0n) is 4.14. The first-order chi connectivity index (χ1) is 3.81. The van der Waals surface area contributed by atoms with E-state index in [9.17, 15) is 4.39 Å². The quantitative estimate of drug-likeness (QED) is 0.405. The topological polar surface area (TPSA) is 12.4 Å². The van der Waals surface area contributed by atoms with Crippen molar-refractivity contribution in [2.45, 2.75) is 0 Å². The summed E-state index contributed by atoms with van der Waals surface area (Å²) in [7, 11) is 0. The molecule has 44 valence electrons. The molecule has 0 atom stereocenters. The number of allylic oxidation sites excluding steroid dienone is 2. The Labute approximate surface area is 52.2 Å². The molecule has 0 spiro atoms. The van der Waals surface area contributed by atoms with E-state index >= 15 is 0 Å². The SMILES string of the molecule is C=N/C=C\C(Cl)=C\F. The van der Waals surface area contributed by atoms with Crippen molar-refractivity contribution in [3.8, 4) is 0 Å². The van der Waals surface area contributed by atoms with Gasteiger partial charge in [0, 0.05) is 6.20 Å². The molecule has 0 bridgehead atoms. The largest absolute Gasteiger partial charge is 0.272 e. The Hall–Kier alpha value is -0.630. The Bertz CT molecular complexity index is 128. The van der Waals surface area contributed by atoms with E-state index in [0.29, 0.717) is 0 Å². The fourth-order valence-corrected chi connectivity index (χ4v) is 0.217. The number of hydrogen-bond donors (Lipinski definition) is 0. The highest BCUT2D eigenvalue weighted by molar-refractivity contribution is 6.31. The molecule has 3 heteroatoms. The van der Waals surface area contributed by atoms with E-state index in [4.69, 9.17) is 11.6 Å². The standard InChI is InChI=1S/C5H5ClFN/c1-8-3-2-5(6)4-7/h2-4H,1H2/b3-2-,5-4-. The van der Waals surface area contributed by atoms with Gasteiger partial charge in [0.15, 0.2) is 0 Å². The van der Waals surface area contributed by atoms with Crippen LogP contribution in [0.5, 0.6) is 0 Å². The van der Waals surface area contributed by atoms with Gasteiger partial charge >= 0.3 is 0 Å². The van der Waals surface area contributed by atoms with Crippen LogP contribution in [0.3, 0.4) is 0 Å². The Balaban J connectivity index is 3.69. The highest BCUT2D eigenvalue weighted by Gasteiger charge is 1.77. The molecule has 0 aromatic heterocycles. The second kappa shape index (κ2) is 4.53. The number of rotatable bonds is 2. The van der Waals surface area contributed by atoms with Crippen LogP contribution in [-0.4, -0.2) is 6.72 Å². The highest BCUT2D eigenvalue weighted by atomic mass is 35.5. The molecule has 0 rings (SSSR count). The molecule has 0 radical (unpaired) electrons. The van der Waals surface area contributed by atoms with Crippen molar-refractivity contribution in [3.63, 3.8) is 0 Å². The Morgan fingerprint density at radius 1 is 1.75 bits per heavy atom. The van der Waals surface area contributed by atoms with Crippen LogP contribution < -0.4 is 0 Å². The molecule has 8 heavy (non-hydrogen) atoms. The fourth-order valence-electron chi connectivity index (χ4n) is 0.160. The van der Waals surface area contributed by atoms with Gasteiger partial charge in [-0.05, 0) is 12.8 Å². The Morgan fingerprint density at radius 3 is 2.75 bits per heavy atom. The summed E-state index contributed by atoms with van der Waals surface area (Å²) >= 11 is 5.16. The van der Waals surface area contributed by atoms with E-state index in [2.05, 4.69) is 11.7 Å². The molecule has 0 saturated heterocycles. The van der Waals surface area contributed by atoms with E-state index in [0.717, 1.165) is 0 Å². The van der Waals surface area contributed by atoms with Gasteiger partial charge in [-0.3, -0.25) is 4.99 Å². The predicted octanol–water partition coefficient (Wildman–Crippen LogP) is 2.25. The van der Waals surface area contributed by atoms with Crippen LogP contribution in [0.4, 0.5) is 4.39 Å². The fraction of sp³-hybridized carbons (Fsp3) is 0. The second-order valence-electron chi connectivity index (χ2n) is 0.992. The summed E-state index contributed by atoms with van der Waals surface area (Å²) < 4.78 is 11.3. The molecule has 0 heterocycles. The molecular weight excluding hydrogens is 129 g/mol. The van der Waals surface area contributed by atoms with Crippen molar-refractivity contribution in [3.05, 3.63) is 23.6 Å². The molecule has 0 fully saturated rings. The lowest BCUT2D eigenvalue weighted by molar-refractivity contribution is 0.719. The van der Waals surface area contributed by atoms with Gasteiger partial charge in [0.25, 0.3) is 0 Å². The van der Waals surface area contributed by atoms with Gasteiger partial charge < -0.3 is 0 Å². The van der Waals surface area contributed by atoms with Crippen molar-refractivity contribution in [2.75, 3.05) is 0 Å². The van der Waals surface area contributed by atoms with Gasteiger partial charge in [-0.15, -0.1) is 0 Å². The zero-order valence-corrected chi connectivity index (χ0v) is 4.90. The normalized spacial score (nSPS) is 12.5. The molecule has 0 aromatic carbocycles. The number of aliphatic imine (C=N–C) groups is 1. The number of nitrogens with zero attached hydrogens (tertiary/aromatic N) is 1. The minimum Gasteiger partial charge on any atom is -0.272 e. The van der Waals surface area contributed by atoms with Crippen LogP contribution in [0.2, 0.25) is 0 Å².